The lowest BCUT2D eigenvalue weighted by Crippen LogP contribution is -2.19. The molecule has 0 fully saturated rings. The van der Waals surface area contributed by atoms with Gasteiger partial charge in [0, 0.05) is 27.7 Å². The predicted octanol–water partition coefficient (Wildman–Crippen LogP) is 4.26. The summed E-state index contributed by atoms with van der Waals surface area (Å²) in [5.41, 5.74) is 0.672. The zero-order valence-corrected chi connectivity index (χ0v) is 11.8. The smallest absolute Gasteiger partial charge is 0.139 e. The topological polar surface area (TPSA) is 32.3 Å². The number of rotatable bonds is 4. The van der Waals surface area contributed by atoms with Crippen molar-refractivity contribution in [3.05, 3.63) is 38.8 Å². The standard InChI is InChI=1S/C11H12BrCl2NO/c1-6(12)5-15-7(2)9-3-8(13)4-10(14)11(9)16/h3-4,7,15-16H,1,5H2,2H3. The summed E-state index contributed by atoms with van der Waals surface area (Å²) in [7, 11) is 0. The molecule has 16 heavy (non-hydrogen) atoms. The van der Waals surface area contributed by atoms with E-state index >= 15 is 0 Å². The van der Waals surface area contributed by atoms with E-state index in [1.54, 1.807) is 6.07 Å². The van der Waals surface area contributed by atoms with Gasteiger partial charge < -0.3 is 10.4 Å². The van der Waals surface area contributed by atoms with Gasteiger partial charge in [-0.25, -0.2) is 0 Å². The minimum absolute atomic E-state index is 0.0613. The molecule has 0 heterocycles. The Balaban J connectivity index is 2.90. The highest BCUT2D eigenvalue weighted by Gasteiger charge is 2.13. The van der Waals surface area contributed by atoms with Crippen molar-refractivity contribution < 1.29 is 5.11 Å². The largest absolute Gasteiger partial charge is 0.506 e. The second-order valence-electron chi connectivity index (χ2n) is 3.45. The Bertz CT molecular complexity index is 409. The summed E-state index contributed by atoms with van der Waals surface area (Å²) < 4.78 is 0.840. The van der Waals surface area contributed by atoms with Crippen molar-refractivity contribution in [3.63, 3.8) is 0 Å². The molecule has 1 aromatic carbocycles. The SMILES string of the molecule is C=C(Br)CNC(C)c1cc(Cl)cc(Cl)c1O. The van der Waals surface area contributed by atoms with Gasteiger partial charge in [0.05, 0.1) is 5.02 Å². The zero-order valence-electron chi connectivity index (χ0n) is 8.73. The van der Waals surface area contributed by atoms with Gasteiger partial charge in [-0.1, -0.05) is 45.7 Å². The average molecular weight is 325 g/mol. The first-order chi connectivity index (χ1) is 7.41. The molecule has 1 unspecified atom stereocenters. The number of hydrogen-bond donors (Lipinski definition) is 2. The van der Waals surface area contributed by atoms with Crippen molar-refractivity contribution in [2.24, 2.45) is 0 Å². The third-order valence-electron chi connectivity index (χ3n) is 2.12. The molecule has 0 spiro atoms. The van der Waals surface area contributed by atoms with Crippen LogP contribution in [-0.4, -0.2) is 11.7 Å². The number of hydrogen-bond acceptors (Lipinski definition) is 2. The number of halogens is 3. The number of benzene rings is 1. The van der Waals surface area contributed by atoms with E-state index in [0.717, 1.165) is 4.48 Å². The van der Waals surface area contributed by atoms with E-state index in [2.05, 4.69) is 27.8 Å². The summed E-state index contributed by atoms with van der Waals surface area (Å²) in [5, 5.41) is 13.7. The average Bonchev–Trinajstić information content (AvgIpc) is 2.19. The monoisotopic (exact) mass is 323 g/mol. The van der Waals surface area contributed by atoms with Crippen molar-refractivity contribution in [1.82, 2.24) is 5.32 Å². The van der Waals surface area contributed by atoms with E-state index in [0.29, 0.717) is 17.1 Å². The van der Waals surface area contributed by atoms with Crippen LogP contribution in [0.25, 0.3) is 0 Å². The fraction of sp³-hybridized carbons (Fsp3) is 0.273. The lowest BCUT2D eigenvalue weighted by atomic mass is 10.1. The first-order valence-electron chi connectivity index (χ1n) is 4.66. The normalized spacial score (nSPS) is 12.5. The highest BCUT2D eigenvalue weighted by Crippen LogP contribution is 2.34. The Labute approximate surface area is 113 Å². The third-order valence-corrected chi connectivity index (χ3v) is 2.91. The molecule has 0 saturated carbocycles. The van der Waals surface area contributed by atoms with Gasteiger partial charge in [0.25, 0.3) is 0 Å². The van der Waals surface area contributed by atoms with Gasteiger partial charge in [-0.15, -0.1) is 0 Å². The van der Waals surface area contributed by atoms with Crippen LogP contribution in [0.15, 0.2) is 23.2 Å². The lowest BCUT2D eigenvalue weighted by Gasteiger charge is -2.16. The maximum atomic E-state index is 9.79. The number of nitrogens with one attached hydrogen (secondary N) is 1. The van der Waals surface area contributed by atoms with Crippen LogP contribution in [0.5, 0.6) is 5.75 Å². The maximum absolute atomic E-state index is 9.79. The fourth-order valence-electron chi connectivity index (χ4n) is 1.29. The van der Waals surface area contributed by atoms with Gasteiger partial charge in [-0.3, -0.25) is 0 Å². The summed E-state index contributed by atoms with van der Waals surface area (Å²) in [4.78, 5) is 0. The molecule has 2 nitrogen and oxygen atoms in total. The summed E-state index contributed by atoms with van der Waals surface area (Å²) in [6.07, 6.45) is 0. The van der Waals surface area contributed by atoms with Crippen LogP contribution in [0.3, 0.4) is 0 Å². The zero-order chi connectivity index (χ0) is 12.3. The molecule has 0 amide bonds. The quantitative estimate of drug-likeness (QED) is 0.867. The Morgan fingerprint density at radius 3 is 2.75 bits per heavy atom. The Morgan fingerprint density at radius 2 is 2.19 bits per heavy atom. The molecule has 0 radical (unpaired) electrons. The third kappa shape index (κ3) is 3.67. The molecular formula is C11H12BrCl2NO. The molecule has 88 valence electrons. The van der Waals surface area contributed by atoms with Crippen LogP contribution in [0.4, 0.5) is 0 Å². The van der Waals surface area contributed by atoms with Gasteiger partial charge in [0.15, 0.2) is 0 Å². The van der Waals surface area contributed by atoms with Crippen molar-refractivity contribution >= 4 is 39.1 Å². The molecule has 1 aromatic rings. The number of aromatic hydroxyl groups is 1. The van der Waals surface area contributed by atoms with Gasteiger partial charge in [-0.05, 0) is 19.1 Å². The van der Waals surface area contributed by atoms with Crippen molar-refractivity contribution in [2.75, 3.05) is 6.54 Å². The van der Waals surface area contributed by atoms with Crippen LogP contribution >= 0.6 is 39.1 Å². The summed E-state index contributed by atoms with van der Waals surface area (Å²) in [6, 6.07) is 3.14. The molecule has 0 saturated heterocycles. The van der Waals surface area contributed by atoms with Crippen LogP contribution in [0, 0.1) is 0 Å². The van der Waals surface area contributed by atoms with E-state index in [9.17, 15) is 5.11 Å². The second kappa shape index (κ2) is 5.92. The maximum Gasteiger partial charge on any atom is 0.139 e. The molecular weight excluding hydrogens is 313 g/mol. The molecule has 0 bridgehead atoms. The summed E-state index contributed by atoms with van der Waals surface area (Å²) in [6.45, 7) is 6.23. The van der Waals surface area contributed by atoms with Gasteiger partial charge in [0.2, 0.25) is 0 Å². The van der Waals surface area contributed by atoms with Crippen LogP contribution in [0.1, 0.15) is 18.5 Å². The van der Waals surface area contributed by atoms with E-state index in [4.69, 9.17) is 23.2 Å². The molecule has 0 aliphatic heterocycles. The van der Waals surface area contributed by atoms with E-state index in [1.807, 2.05) is 6.92 Å². The Hall–Kier alpha value is -0.220. The molecule has 0 aliphatic rings. The molecule has 0 aromatic heterocycles. The minimum atomic E-state index is -0.0644. The Morgan fingerprint density at radius 1 is 1.56 bits per heavy atom. The van der Waals surface area contributed by atoms with E-state index < -0.39 is 0 Å². The highest BCUT2D eigenvalue weighted by molar-refractivity contribution is 9.11. The molecule has 1 atom stereocenters. The van der Waals surface area contributed by atoms with Crippen LogP contribution in [-0.2, 0) is 0 Å². The molecule has 5 heteroatoms. The fourth-order valence-corrected chi connectivity index (χ4v) is 1.96. The first kappa shape index (κ1) is 13.8. The van der Waals surface area contributed by atoms with E-state index in [1.165, 1.54) is 6.07 Å². The summed E-state index contributed by atoms with van der Waals surface area (Å²) in [5.74, 6) is 0.0613. The van der Waals surface area contributed by atoms with Crippen molar-refractivity contribution in [3.8, 4) is 5.75 Å². The van der Waals surface area contributed by atoms with Crippen molar-refractivity contribution in [1.29, 1.82) is 0 Å². The molecule has 2 N–H and O–H groups in total. The van der Waals surface area contributed by atoms with E-state index in [-0.39, 0.29) is 16.8 Å². The van der Waals surface area contributed by atoms with Gasteiger partial charge in [0.1, 0.15) is 5.75 Å². The second-order valence-corrected chi connectivity index (χ2v) is 5.41. The van der Waals surface area contributed by atoms with Gasteiger partial charge in [-0.2, -0.15) is 0 Å². The predicted molar refractivity (Wildman–Crippen MR) is 72.6 cm³/mol. The lowest BCUT2D eigenvalue weighted by molar-refractivity contribution is 0.456. The summed E-state index contributed by atoms with van der Waals surface area (Å²) >= 11 is 15.0. The first-order valence-corrected chi connectivity index (χ1v) is 6.21. The Kier molecular flexibility index (Phi) is 5.12. The van der Waals surface area contributed by atoms with Crippen molar-refractivity contribution in [2.45, 2.75) is 13.0 Å². The molecule has 0 aliphatic carbocycles. The number of phenolic OH excluding ortho intramolecular Hbond substituents is 1. The molecule has 1 rings (SSSR count). The van der Waals surface area contributed by atoms with Gasteiger partial charge >= 0.3 is 0 Å². The highest BCUT2D eigenvalue weighted by atomic mass is 79.9. The number of phenols is 1. The minimum Gasteiger partial charge on any atom is -0.506 e. The van der Waals surface area contributed by atoms with Crippen LogP contribution < -0.4 is 5.32 Å². The van der Waals surface area contributed by atoms with Crippen LogP contribution in [0.2, 0.25) is 10.0 Å².